The summed E-state index contributed by atoms with van der Waals surface area (Å²) in [6.45, 7) is 1.89. The predicted molar refractivity (Wildman–Crippen MR) is 69.5 cm³/mol. The molecule has 0 spiro atoms. The van der Waals surface area contributed by atoms with Gasteiger partial charge in [-0.2, -0.15) is 0 Å². The lowest BCUT2D eigenvalue weighted by Gasteiger charge is -2.14. The van der Waals surface area contributed by atoms with Gasteiger partial charge in [0.2, 0.25) is 0 Å². The molecule has 0 aliphatic heterocycles. The van der Waals surface area contributed by atoms with Crippen molar-refractivity contribution in [2.24, 2.45) is 0 Å². The maximum atomic E-state index is 10.2. The number of rotatable bonds is 2. The molecule has 4 heteroatoms. The molecular formula is C13H11Cl2NO. The van der Waals surface area contributed by atoms with Crippen molar-refractivity contribution < 1.29 is 5.11 Å². The number of aromatic nitrogens is 1. The van der Waals surface area contributed by atoms with Gasteiger partial charge in [-0.05, 0) is 25.1 Å². The molecule has 1 aromatic carbocycles. The lowest BCUT2D eigenvalue weighted by molar-refractivity contribution is 0.220. The van der Waals surface area contributed by atoms with Crippen molar-refractivity contribution in [2.45, 2.75) is 13.0 Å². The Morgan fingerprint density at radius 1 is 1.12 bits per heavy atom. The zero-order valence-corrected chi connectivity index (χ0v) is 10.7. The standard InChI is InChI=1S/C13H11Cl2NO/c1-8-5-6-9(7-16-8)13(17)12-10(14)3-2-4-11(12)15/h2-7,13,17H,1H3. The van der Waals surface area contributed by atoms with Crippen LogP contribution in [0.2, 0.25) is 10.0 Å². The first-order chi connectivity index (χ1) is 8.09. The molecular weight excluding hydrogens is 257 g/mol. The second-order valence-corrected chi connectivity index (χ2v) is 4.59. The van der Waals surface area contributed by atoms with Gasteiger partial charge < -0.3 is 5.11 Å². The maximum Gasteiger partial charge on any atom is 0.108 e. The zero-order chi connectivity index (χ0) is 12.4. The van der Waals surface area contributed by atoms with Crippen molar-refractivity contribution in [1.82, 2.24) is 4.98 Å². The summed E-state index contributed by atoms with van der Waals surface area (Å²) in [6, 6.07) is 8.80. The molecule has 0 radical (unpaired) electrons. The third-order valence-electron chi connectivity index (χ3n) is 2.52. The molecule has 88 valence electrons. The average molecular weight is 268 g/mol. The number of hydrogen-bond acceptors (Lipinski definition) is 2. The Labute approximate surface area is 110 Å². The van der Waals surface area contributed by atoms with E-state index in [1.807, 2.05) is 19.1 Å². The van der Waals surface area contributed by atoms with E-state index in [0.29, 0.717) is 21.2 Å². The van der Waals surface area contributed by atoms with Gasteiger partial charge in [0.25, 0.3) is 0 Å². The fourth-order valence-electron chi connectivity index (χ4n) is 1.58. The summed E-state index contributed by atoms with van der Waals surface area (Å²) in [5.74, 6) is 0. The maximum absolute atomic E-state index is 10.2. The van der Waals surface area contributed by atoms with Crippen LogP contribution in [-0.4, -0.2) is 10.1 Å². The fourth-order valence-corrected chi connectivity index (χ4v) is 2.18. The highest BCUT2D eigenvalue weighted by Gasteiger charge is 2.17. The van der Waals surface area contributed by atoms with E-state index < -0.39 is 6.10 Å². The molecule has 0 aliphatic rings. The summed E-state index contributed by atoms with van der Waals surface area (Å²) in [5.41, 5.74) is 2.08. The van der Waals surface area contributed by atoms with E-state index >= 15 is 0 Å². The Kier molecular flexibility index (Phi) is 3.67. The van der Waals surface area contributed by atoms with Gasteiger partial charge in [-0.3, -0.25) is 4.98 Å². The van der Waals surface area contributed by atoms with Gasteiger partial charge >= 0.3 is 0 Å². The van der Waals surface area contributed by atoms with Crippen LogP contribution in [0.4, 0.5) is 0 Å². The normalized spacial score (nSPS) is 12.5. The summed E-state index contributed by atoms with van der Waals surface area (Å²) in [6.07, 6.45) is 0.768. The van der Waals surface area contributed by atoms with E-state index in [1.165, 1.54) is 0 Å². The summed E-state index contributed by atoms with van der Waals surface area (Å²) in [4.78, 5) is 4.14. The van der Waals surface area contributed by atoms with Crippen LogP contribution in [-0.2, 0) is 0 Å². The van der Waals surface area contributed by atoms with Crippen LogP contribution < -0.4 is 0 Å². The van der Waals surface area contributed by atoms with E-state index in [9.17, 15) is 5.11 Å². The van der Waals surface area contributed by atoms with E-state index in [1.54, 1.807) is 24.4 Å². The molecule has 0 fully saturated rings. The summed E-state index contributed by atoms with van der Waals surface area (Å²) in [7, 11) is 0. The number of aryl methyl sites for hydroxylation is 1. The van der Waals surface area contributed by atoms with Gasteiger partial charge in [0.15, 0.2) is 0 Å². The number of nitrogens with zero attached hydrogens (tertiary/aromatic N) is 1. The first-order valence-corrected chi connectivity index (χ1v) is 5.89. The molecule has 2 aromatic rings. The molecule has 2 nitrogen and oxygen atoms in total. The minimum atomic E-state index is -0.857. The quantitative estimate of drug-likeness (QED) is 0.899. The summed E-state index contributed by atoms with van der Waals surface area (Å²) < 4.78 is 0. The predicted octanol–water partition coefficient (Wildman–Crippen LogP) is 3.78. The molecule has 0 saturated carbocycles. The number of aliphatic hydroxyl groups is 1. The zero-order valence-electron chi connectivity index (χ0n) is 9.19. The number of hydrogen-bond donors (Lipinski definition) is 1. The number of halogens is 2. The Hall–Kier alpha value is -1.09. The number of benzene rings is 1. The monoisotopic (exact) mass is 267 g/mol. The van der Waals surface area contributed by atoms with Gasteiger partial charge in [0, 0.05) is 33.1 Å². The molecule has 1 unspecified atom stereocenters. The van der Waals surface area contributed by atoms with Crippen LogP contribution in [0.3, 0.4) is 0 Å². The van der Waals surface area contributed by atoms with E-state index in [0.717, 1.165) is 5.69 Å². The first kappa shape index (κ1) is 12.4. The summed E-state index contributed by atoms with van der Waals surface area (Å²) in [5, 5.41) is 11.1. The van der Waals surface area contributed by atoms with Gasteiger partial charge in [-0.1, -0.05) is 35.3 Å². The van der Waals surface area contributed by atoms with E-state index in [-0.39, 0.29) is 0 Å². The smallest absolute Gasteiger partial charge is 0.108 e. The van der Waals surface area contributed by atoms with Gasteiger partial charge in [-0.25, -0.2) is 0 Å². The van der Waals surface area contributed by atoms with Crippen molar-refractivity contribution in [3.05, 3.63) is 63.4 Å². The Bertz CT molecular complexity index is 505. The second kappa shape index (κ2) is 5.05. The lowest BCUT2D eigenvalue weighted by Crippen LogP contribution is -2.02. The first-order valence-electron chi connectivity index (χ1n) is 5.14. The summed E-state index contributed by atoms with van der Waals surface area (Å²) >= 11 is 12.1. The highest BCUT2D eigenvalue weighted by Crippen LogP contribution is 2.33. The van der Waals surface area contributed by atoms with Crippen molar-refractivity contribution in [3.63, 3.8) is 0 Å². The highest BCUT2D eigenvalue weighted by atomic mass is 35.5. The van der Waals surface area contributed by atoms with Crippen molar-refractivity contribution in [2.75, 3.05) is 0 Å². The Morgan fingerprint density at radius 3 is 2.29 bits per heavy atom. The van der Waals surface area contributed by atoms with Crippen LogP contribution in [0.15, 0.2) is 36.5 Å². The minimum Gasteiger partial charge on any atom is -0.383 e. The largest absolute Gasteiger partial charge is 0.383 e. The molecule has 1 aromatic heterocycles. The molecule has 1 N–H and O–H groups in total. The molecule has 0 saturated heterocycles. The Morgan fingerprint density at radius 2 is 1.76 bits per heavy atom. The lowest BCUT2D eigenvalue weighted by atomic mass is 10.0. The van der Waals surface area contributed by atoms with Crippen LogP contribution >= 0.6 is 23.2 Å². The van der Waals surface area contributed by atoms with Gasteiger partial charge in [0.1, 0.15) is 6.10 Å². The van der Waals surface area contributed by atoms with Crippen LogP contribution in [0.1, 0.15) is 22.9 Å². The molecule has 0 amide bonds. The van der Waals surface area contributed by atoms with E-state index in [4.69, 9.17) is 23.2 Å². The van der Waals surface area contributed by atoms with Crippen molar-refractivity contribution in [1.29, 1.82) is 0 Å². The average Bonchev–Trinajstić information content (AvgIpc) is 2.29. The third-order valence-corrected chi connectivity index (χ3v) is 3.18. The van der Waals surface area contributed by atoms with Gasteiger partial charge in [-0.15, -0.1) is 0 Å². The van der Waals surface area contributed by atoms with Crippen molar-refractivity contribution >= 4 is 23.2 Å². The highest BCUT2D eigenvalue weighted by molar-refractivity contribution is 6.36. The third kappa shape index (κ3) is 2.60. The van der Waals surface area contributed by atoms with Crippen LogP contribution in [0, 0.1) is 6.92 Å². The SMILES string of the molecule is Cc1ccc(C(O)c2c(Cl)cccc2Cl)cn1. The molecule has 0 aliphatic carbocycles. The number of aliphatic hydroxyl groups excluding tert-OH is 1. The minimum absolute atomic E-state index is 0.450. The van der Waals surface area contributed by atoms with Crippen LogP contribution in [0.25, 0.3) is 0 Å². The van der Waals surface area contributed by atoms with E-state index in [2.05, 4.69) is 4.98 Å². The molecule has 17 heavy (non-hydrogen) atoms. The molecule has 2 rings (SSSR count). The molecule has 1 atom stereocenters. The second-order valence-electron chi connectivity index (χ2n) is 3.77. The molecule has 0 bridgehead atoms. The topological polar surface area (TPSA) is 33.1 Å². The molecule has 1 heterocycles. The Balaban J connectivity index is 2.43. The van der Waals surface area contributed by atoms with Gasteiger partial charge in [0.05, 0.1) is 0 Å². The van der Waals surface area contributed by atoms with Crippen LogP contribution in [0.5, 0.6) is 0 Å². The fraction of sp³-hybridized carbons (Fsp3) is 0.154. The number of pyridine rings is 1. The van der Waals surface area contributed by atoms with Crippen molar-refractivity contribution in [3.8, 4) is 0 Å².